The lowest BCUT2D eigenvalue weighted by Crippen LogP contribution is -2.36. The van der Waals surface area contributed by atoms with Crippen LogP contribution in [-0.2, 0) is 23.8 Å². The Balaban J connectivity index is 1.42. The molecule has 2 saturated heterocycles. The van der Waals surface area contributed by atoms with Crippen LogP contribution < -0.4 is 0 Å². The first-order valence-corrected chi connectivity index (χ1v) is 9.81. The van der Waals surface area contributed by atoms with Crippen molar-refractivity contribution in [3.05, 3.63) is 22.4 Å². The lowest BCUT2D eigenvalue weighted by atomic mass is 10.1. The highest BCUT2D eigenvalue weighted by atomic mass is 32.1. The second-order valence-corrected chi connectivity index (χ2v) is 7.30. The summed E-state index contributed by atoms with van der Waals surface area (Å²) < 4.78 is 16.1. The van der Waals surface area contributed by atoms with Crippen LogP contribution in [-0.4, -0.2) is 55.3 Å². The van der Waals surface area contributed by atoms with Crippen LogP contribution >= 0.6 is 11.3 Å². The highest BCUT2D eigenvalue weighted by Gasteiger charge is 2.31. The van der Waals surface area contributed by atoms with Crippen LogP contribution in [0.4, 0.5) is 0 Å². The molecule has 0 bridgehead atoms. The van der Waals surface area contributed by atoms with Crippen molar-refractivity contribution >= 4 is 23.2 Å². The minimum absolute atomic E-state index is 0.0628. The fourth-order valence-corrected chi connectivity index (χ4v) is 4.01. The molecule has 3 rings (SSSR count). The quantitative estimate of drug-likeness (QED) is 0.693. The Morgan fingerprint density at radius 2 is 2.28 bits per heavy atom. The molecule has 1 amide bonds. The molecule has 1 aromatic rings. The molecular formula is C18H25NO5S. The predicted molar refractivity (Wildman–Crippen MR) is 93.4 cm³/mol. The highest BCUT2D eigenvalue weighted by Crippen LogP contribution is 2.33. The third-order valence-corrected chi connectivity index (χ3v) is 5.43. The topological polar surface area (TPSA) is 65.1 Å². The molecule has 0 saturated carbocycles. The summed E-state index contributed by atoms with van der Waals surface area (Å²) >= 11 is 1.63. The summed E-state index contributed by atoms with van der Waals surface area (Å²) in [6, 6.07) is 2.15. The number of hydrogen-bond donors (Lipinski definition) is 0. The number of likely N-dealkylation sites (tertiary alicyclic amines) is 1. The van der Waals surface area contributed by atoms with Crippen LogP contribution in [0.2, 0.25) is 0 Å². The second kappa shape index (κ2) is 8.78. The Morgan fingerprint density at radius 1 is 1.40 bits per heavy atom. The first kappa shape index (κ1) is 18.4. The third-order valence-electron chi connectivity index (χ3n) is 4.73. The monoisotopic (exact) mass is 367 g/mol. The van der Waals surface area contributed by atoms with E-state index in [1.54, 1.807) is 18.3 Å². The van der Waals surface area contributed by atoms with Crippen LogP contribution in [0.1, 0.15) is 44.2 Å². The van der Waals surface area contributed by atoms with E-state index in [0.29, 0.717) is 13.2 Å². The molecule has 7 heteroatoms. The van der Waals surface area contributed by atoms with E-state index in [1.165, 1.54) is 0 Å². The zero-order valence-electron chi connectivity index (χ0n) is 14.5. The second-order valence-electron chi connectivity index (χ2n) is 6.52. The van der Waals surface area contributed by atoms with Gasteiger partial charge in [-0.15, -0.1) is 0 Å². The first-order valence-electron chi connectivity index (χ1n) is 8.86. The van der Waals surface area contributed by atoms with Gasteiger partial charge in [-0.1, -0.05) is 0 Å². The Hall–Kier alpha value is -1.44. The molecule has 138 valence electrons. The molecule has 3 atom stereocenters. The smallest absolute Gasteiger partial charge is 0.335 e. The summed E-state index contributed by atoms with van der Waals surface area (Å²) in [5.74, 6) is -0.647. The normalized spacial score (nSPS) is 24.4. The van der Waals surface area contributed by atoms with Crippen molar-refractivity contribution in [2.75, 3.05) is 26.4 Å². The van der Waals surface area contributed by atoms with E-state index in [1.807, 2.05) is 16.3 Å². The van der Waals surface area contributed by atoms with Crippen LogP contribution in [0.5, 0.6) is 0 Å². The number of hydrogen-bond acceptors (Lipinski definition) is 6. The zero-order chi connectivity index (χ0) is 17.6. The lowest BCUT2D eigenvalue weighted by molar-refractivity contribution is -0.163. The first-order chi connectivity index (χ1) is 12.1. The number of carbonyl (C=O) groups excluding carboxylic acids is 2. The SMILES string of the molecule is CC(OCC1CCCO1)C(=O)OCC(=O)N1CCCC1c1ccsc1. The Bertz CT molecular complexity index is 570. The van der Waals surface area contributed by atoms with Crippen LogP contribution in [0, 0.1) is 0 Å². The van der Waals surface area contributed by atoms with Gasteiger partial charge in [0.25, 0.3) is 5.91 Å². The molecule has 0 radical (unpaired) electrons. The molecule has 0 aliphatic carbocycles. The molecule has 0 N–H and O–H groups in total. The summed E-state index contributed by atoms with van der Waals surface area (Å²) in [6.07, 6.45) is 3.29. The van der Waals surface area contributed by atoms with Gasteiger partial charge in [-0.3, -0.25) is 4.79 Å². The molecule has 0 spiro atoms. The van der Waals surface area contributed by atoms with Gasteiger partial charge in [0.15, 0.2) is 12.7 Å². The summed E-state index contributed by atoms with van der Waals surface area (Å²) in [5, 5.41) is 4.09. The minimum atomic E-state index is -0.691. The van der Waals surface area contributed by atoms with E-state index in [9.17, 15) is 9.59 Å². The van der Waals surface area contributed by atoms with Crippen molar-refractivity contribution < 1.29 is 23.8 Å². The summed E-state index contributed by atoms with van der Waals surface area (Å²) in [5.41, 5.74) is 1.16. The van der Waals surface area contributed by atoms with E-state index >= 15 is 0 Å². The largest absolute Gasteiger partial charge is 0.454 e. The molecule has 2 aliphatic rings. The van der Waals surface area contributed by atoms with Crippen LogP contribution in [0.3, 0.4) is 0 Å². The van der Waals surface area contributed by atoms with Crippen molar-refractivity contribution in [3.8, 4) is 0 Å². The van der Waals surface area contributed by atoms with Gasteiger partial charge in [-0.25, -0.2) is 4.79 Å². The van der Waals surface area contributed by atoms with Gasteiger partial charge < -0.3 is 19.1 Å². The highest BCUT2D eigenvalue weighted by molar-refractivity contribution is 7.07. The maximum Gasteiger partial charge on any atom is 0.335 e. The molecule has 25 heavy (non-hydrogen) atoms. The standard InChI is InChI=1S/C18H25NO5S/c1-13(23-10-15-4-3-8-22-15)18(21)24-11-17(20)19-7-2-5-16(19)14-6-9-25-12-14/h6,9,12-13,15-16H,2-5,7-8,10-11H2,1H3. The summed E-state index contributed by atoms with van der Waals surface area (Å²) in [6.45, 7) is 3.26. The molecule has 2 fully saturated rings. The molecule has 6 nitrogen and oxygen atoms in total. The number of ether oxygens (including phenoxy) is 3. The van der Waals surface area contributed by atoms with Gasteiger partial charge in [-0.05, 0) is 55.0 Å². The number of rotatable bonds is 7. The third kappa shape index (κ3) is 4.80. The maximum absolute atomic E-state index is 12.4. The molecule has 3 heterocycles. The average Bonchev–Trinajstić information content (AvgIpc) is 3.37. The lowest BCUT2D eigenvalue weighted by Gasteiger charge is -2.24. The number of amides is 1. The van der Waals surface area contributed by atoms with Crippen LogP contribution in [0.15, 0.2) is 16.8 Å². The Morgan fingerprint density at radius 3 is 3.00 bits per heavy atom. The van der Waals surface area contributed by atoms with Crippen molar-refractivity contribution in [1.29, 1.82) is 0 Å². The van der Waals surface area contributed by atoms with Crippen LogP contribution in [0.25, 0.3) is 0 Å². The fraction of sp³-hybridized carbons (Fsp3) is 0.667. The van der Waals surface area contributed by atoms with Gasteiger partial charge in [0.1, 0.15) is 0 Å². The van der Waals surface area contributed by atoms with Gasteiger partial charge in [0, 0.05) is 13.2 Å². The average molecular weight is 367 g/mol. The number of carbonyl (C=O) groups is 2. The molecule has 2 aliphatic heterocycles. The predicted octanol–water partition coefficient (Wildman–Crippen LogP) is 2.54. The van der Waals surface area contributed by atoms with E-state index in [-0.39, 0.29) is 24.7 Å². The van der Waals surface area contributed by atoms with Gasteiger partial charge >= 0.3 is 5.97 Å². The molecular weight excluding hydrogens is 342 g/mol. The summed E-state index contributed by atoms with van der Waals surface area (Å²) in [4.78, 5) is 26.3. The van der Waals surface area contributed by atoms with Gasteiger partial charge in [0.05, 0.1) is 18.8 Å². The zero-order valence-corrected chi connectivity index (χ0v) is 15.3. The Kier molecular flexibility index (Phi) is 6.45. The van der Waals surface area contributed by atoms with Crippen molar-refractivity contribution in [2.45, 2.75) is 50.9 Å². The fourth-order valence-electron chi connectivity index (χ4n) is 3.31. The van der Waals surface area contributed by atoms with Gasteiger partial charge in [0.2, 0.25) is 0 Å². The van der Waals surface area contributed by atoms with Crippen molar-refractivity contribution in [1.82, 2.24) is 4.90 Å². The van der Waals surface area contributed by atoms with Crippen molar-refractivity contribution in [2.24, 2.45) is 0 Å². The van der Waals surface area contributed by atoms with E-state index in [0.717, 1.165) is 37.9 Å². The molecule has 0 aromatic carbocycles. The van der Waals surface area contributed by atoms with Gasteiger partial charge in [-0.2, -0.15) is 11.3 Å². The number of nitrogens with zero attached hydrogens (tertiary/aromatic N) is 1. The molecule has 1 aromatic heterocycles. The molecule has 3 unspecified atom stereocenters. The van der Waals surface area contributed by atoms with E-state index in [2.05, 4.69) is 5.38 Å². The van der Waals surface area contributed by atoms with Crippen molar-refractivity contribution in [3.63, 3.8) is 0 Å². The van der Waals surface area contributed by atoms with E-state index in [4.69, 9.17) is 14.2 Å². The maximum atomic E-state index is 12.4. The Labute approximate surface area is 152 Å². The number of esters is 1. The van der Waals surface area contributed by atoms with E-state index < -0.39 is 12.1 Å². The minimum Gasteiger partial charge on any atom is -0.454 e. The number of thiophene rings is 1. The summed E-state index contributed by atoms with van der Waals surface area (Å²) in [7, 11) is 0.